The molecule has 1 heterocycles. The molecule has 2 rings (SSSR count). The van der Waals surface area contributed by atoms with Crippen LogP contribution in [0.4, 0.5) is 0 Å². The zero-order valence-electron chi connectivity index (χ0n) is 11.5. The Labute approximate surface area is 120 Å². The number of nitrogens with one attached hydrogen (secondary N) is 1. The second-order valence-corrected chi connectivity index (χ2v) is 5.51. The molecule has 0 atom stereocenters. The van der Waals surface area contributed by atoms with Gasteiger partial charge in [-0.05, 0) is 57.0 Å². The number of rotatable bonds is 1. The lowest BCUT2D eigenvalue weighted by Gasteiger charge is -2.29. The molecule has 1 aromatic rings. The Bertz CT molecular complexity index is 493. The van der Waals surface area contributed by atoms with Crippen molar-refractivity contribution in [2.45, 2.75) is 33.1 Å². The maximum Gasteiger partial charge on any atom is 0.257 e. The Kier molecular flexibility index (Phi) is 4.53. The van der Waals surface area contributed by atoms with Gasteiger partial charge in [-0.25, -0.2) is 0 Å². The van der Waals surface area contributed by atoms with Gasteiger partial charge in [0.15, 0.2) is 5.11 Å². The Morgan fingerprint density at radius 1 is 1.21 bits per heavy atom. The highest BCUT2D eigenvalue weighted by Gasteiger charge is 2.17. The summed E-state index contributed by atoms with van der Waals surface area (Å²) in [6.07, 6.45) is 3.56. The molecule has 0 aromatic heterocycles. The molecular weight excluding hydrogens is 256 g/mol. The van der Waals surface area contributed by atoms with Crippen LogP contribution in [0.5, 0.6) is 0 Å². The van der Waals surface area contributed by atoms with Crippen LogP contribution in [-0.2, 0) is 0 Å². The van der Waals surface area contributed by atoms with Crippen LogP contribution in [0.25, 0.3) is 0 Å². The number of hydrogen-bond donors (Lipinski definition) is 1. The molecule has 0 radical (unpaired) electrons. The topological polar surface area (TPSA) is 32.3 Å². The number of thiocarbonyl (C=S) groups is 1. The van der Waals surface area contributed by atoms with Crippen molar-refractivity contribution in [1.29, 1.82) is 0 Å². The predicted molar refractivity (Wildman–Crippen MR) is 81.4 cm³/mol. The van der Waals surface area contributed by atoms with Crippen molar-refractivity contribution < 1.29 is 4.79 Å². The van der Waals surface area contributed by atoms with Crippen molar-refractivity contribution in [1.82, 2.24) is 10.2 Å². The Morgan fingerprint density at radius 3 is 2.53 bits per heavy atom. The normalized spacial score (nSPS) is 15.2. The molecule has 0 saturated carbocycles. The van der Waals surface area contributed by atoms with E-state index in [1.807, 2.05) is 32.0 Å². The first-order chi connectivity index (χ1) is 9.08. The largest absolute Gasteiger partial charge is 0.349 e. The van der Waals surface area contributed by atoms with E-state index in [2.05, 4.69) is 10.2 Å². The van der Waals surface area contributed by atoms with E-state index >= 15 is 0 Å². The Balaban J connectivity index is 2.02. The van der Waals surface area contributed by atoms with Crippen molar-refractivity contribution in [2.75, 3.05) is 13.1 Å². The molecule has 1 fully saturated rings. The van der Waals surface area contributed by atoms with Crippen molar-refractivity contribution in [3.8, 4) is 0 Å². The third kappa shape index (κ3) is 3.53. The van der Waals surface area contributed by atoms with Gasteiger partial charge < -0.3 is 4.90 Å². The van der Waals surface area contributed by atoms with E-state index in [0.717, 1.165) is 37.1 Å². The molecule has 0 aliphatic carbocycles. The van der Waals surface area contributed by atoms with Crippen LogP contribution in [0.1, 0.15) is 40.7 Å². The summed E-state index contributed by atoms with van der Waals surface area (Å²) in [6.45, 7) is 5.87. The first-order valence-electron chi connectivity index (χ1n) is 6.75. The van der Waals surface area contributed by atoms with E-state index < -0.39 is 0 Å². The minimum Gasteiger partial charge on any atom is -0.349 e. The highest BCUT2D eigenvalue weighted by molar-refractivity contribution is 7.80. The van der Waals surface area contributed by atoms with Crippen LogP contribution in [-0.4, -0.2) is 29.0 Å². The van der Waals surface area contributed by atoms with Gasteiger partial charge in [0.05, 0.1) is 0 Å². The summed E-state index contributed by atoms with van der Waals surface area (Å²) in [7, 11) is 0. The summed E-state index contributed by atoms with van der Waals surface area (Å²) in [5, 5.41) is 3.40. The van der Waals surface area contributed by atoms with Gasteiger partial charge in [-0.1, -0.05) is 17.7 Å². The summed E-state index contributed by atoms with van der Waals surface area (Å²) in [6, 6.07) is 5.82. The number of carbonyl (C=O) groups excluding carboxylic acids is 1. The van der Waals surface area contributed by atoms with E-state index in [-0.39, 0.29) is 5.91 Å². The second kappa shape index (κ2) is 6.15. The van der Waals surface area contributed by atoms with Crippen molar-refractivity contribution in [3.05, 3.63) is 34.9 Å². The van der Waals surface area contributed by atoms with E-state index in [0.29, 0.717) is 10.7 Å². The maximum atomic E-state index is 12.2. The van der Waals surface area contributed by atoms with Gasteiger partial charge in [-0.2, -0.15) is 0 Å². The highest BCUT2D eigenvalue weighted by Crippen LogP contribution is 2.12. The van der Waals surface area contributed by atoms with Crippen LogP contribution >= 0.6 is 12.2 Å². The number of aryl methyl sites for hydroxylation is 2. The number of hydrogen-bond acceptors (Lipinski definition) is 2. The van der Waals surface area contributed by atoms with Gasteiger partial charge in [0.2, 0.25) is 0 Å². The maximum absolute atomic E-state index is 12.2. The second-order valence-electron chi connectivity index (χ2n) is 5.13. The van der Waals surface area contributed by atoms with E-state index in [4.69, 9.17) is 12.2 Å². The molecule has 1 amide bonds. The van der Waals surface area contributed by atoms with Crippen LogP contribution in [0.2, 0.25) is 0 Å². The molecule has 0 spiro atoms. The first kappa shape index (κ1) is 14.0. The summed E-state index contributed by atoms with van der Waals surface area (Å²) < 4.78 is 0. The van der Waals surface area contributed by atoms with Gasteiger partial charge in [0.1, 0.15) is 0 Å². The number of amides is 1. The van der Waals surface area contributed by atoms with Gasteiger partial charge in [-0.15, -0.1) is 0 Å². The number of piperidine rings is 1. The van der Waals surface area contributed by atoms with E-state index in [9.17, 15) is 4.79 Å². The van der Waals surface area contributed by atoms with Crippen molar-refractivity contribution in [2.24, 2.45) is 0 Å². The molecule has 1 N–H and O–H groups in total. The monoisotopic (exact) mass is 276 g/mol. The number of carbonyl (C=O) groups is 1. The minimum atomic E-state index is -0.104. The zero-order chi connectivity index (χ0) is 13.8. The third-order valence-electron chi connectivity index (χ3n) is 3.49. The van der Waals surface area contributed by atoms with Gasteiger partial charge in [0.25, 0.3) is 5.91 Å². The predicted octanol–water partition coefficient (Wildman–Crippen LogP) is 2.80. The summed E-state index contributed by atoms with van der Waals surface area (Å²) >= 11 is 5.31. The SMILES string of the molecule is Cc1ccc(C(=O)NC(=S)N2CCCCC2)c(C)c1. The molecule has 1 aliphatic rings. The average Bonchev–Trinajstić information content (AvgIpc) is 2.39. The lowest BCUT2D eigenvalue weighted by atomic mass is 10.1. The number of likely N-dealkylation sites (tertiary alicyclic amines) is 1. The van der Waals surface area contributed by atoms with Crippen LogP contribution in [0.15, 0.2) is 18.2 Å². The average molecular weight is 276 g/mol. The lowest BCUT2D eigenvalue weighted by molar-refractivity contribution is 0.0972. The fourth-order valence-corrected chi connectivity index (χ4v) is 2.68. The minimum absolute atomic E-state index is 0.104. The molecule has 0 unspecified atom stereocenters. The number of benzene rings is 1. The van der Waals surface area contributed by atoms with Crippen molar-refractivity contribution in [3.63, 3.8) is 0 Å². The molecular formula is C15H20N2OS. The molecule has 3 nitrogen and oxygen atoms in total. The van der Waals surface area contributed by atoms with Crippen LogP contribution in [0.3, 0.4) is 0 Å². The van der Waals surface area contributed by atoms with Gasteiger partial charge in [0, 0.05) is 18.7 Å². The van der Waals surface area contributed by atoms with Crippen LogP contribution < -0.4 is 5.32 Å². The standard InChI is InChI=1S/C15H20N2OS/c1-11-6-7-13(12(2)10-11)14(18)16-15(19)17-8-4-3-5-9-17/h6-7,10H,3-5,8-9H2,1-2H3,(H,16,18,19). The van der Waals surface area contributed by atoms with E-state index in [1.165, 1.54) is 6.42 Å². The smallest absolute Gasteiger partial charge is 0.257 e. The van der Waals surface area contributed by atoms with Crippen LogP contribution in [0, 0.1) is 13.8 Å². The Morgan fingerprint density at radius 2 is 1.89 bits per heavy atom. The summed E-state index contributed by atoms with van der Waals surface area (Å²) in [4.78, 5) is 14.3. The molecule has 1 aromatic carbocycles. The molecule has 1 aliphatic heterocycles. The summed E-state index contributed by atoms with van der Waals surface area (Å²) in [5.41, 5.74) is 2.84. The molecule has 1 saturated heterocycles. The van der Waals surface area contributed by atoms with E-state index in [1.54, 1.807) is 0 Å². The summed E-state index contributed by atoms with van der Waals surface area (Å²) in [5.74, 6) is -0.104. The molecule has 4 heteroatoms. The zero-order valence-corrected chi connectivity index (χ0v) is 12.3. The number of nitrogens with zero attached hydrogens (tertiary/aromatic N) is 1. The van der Waals surface area contributed by atoms with Gasteiger partial charge >= 0.3 is 0 Å². The molecule has 19 heavy (non-hydrogen) atoms. The lowest BCUT2D eigenvalue weighted by Crippen LogP contribution is -2.45. The molecule has 0 bridgehead atoms. The fraction of sp³-hybridized carbons (Fsp3) is 0.467. The Hall–Kier alpha value is -1.42. The fourth-order valence-electron chi connectivity index (χ4n) is 2.41. The first-order valence-corrected chi connectivity index (χ1v) is 7.16. The molecule has 102 valence electrons. The highest BCUT2D eigenvalue weighted by atomic mass is 32.1. The third-order valence-corrected chi connectivity index (χ3v) is 3.85. The van der Waals surface area contributed by atoms with Crippen molar-refractivity contribution >= 4 is 23.2 Å². The quantitative estimate of drug-likeness (QED) is 0.801. The van der Waals surface area contributed by atoms with Gasteiger partial charge in [-0.3, -0.25) is 10.1 Å².